The Labute approximate surface area is 121 Å². The molecule has 6 nitrogen and oxygen atoms in total. The summed E-state index contributed by atoms with van der Waals surface area (Å²) >= 11 is 0. The van der Waals surface area contributed by atoms with Crippen LogP contribution in [0.1, 0.15) is 23.0 Å². The van der Waals surface area contributed by atoms with E-state index < -0.39 is 18.0 Å². The first-order chi connectivity index (χ1) is 10.1. The molecule has 0 saturated carbocycles. The van der Waals surface area contributed by atoms with Gasteiger partial charge in [-0.25, -0.2) is 4.79 Å². The number of nitrogens with zero attached hydrogens (tertiary/aromatic N) is 1. The summed E-state index contributed by atoms with van der Waals surface area (Å²) in [5.41, 5.74) is 1.31. The van der Waals surface area contributed by atoms with Gasteiger partial charge in [-0.1, -0.05) is 0 Å². The fourth-order valence-corrected chi connectivity index (χ4v) is 1.61. The summed E-state index contributed by atoms with van der Waals surface area (Å²) < 4.78 is 5.04. The summed E-state index contributed by atoms with van der Waals surface area (Å²) in [5, 5.41) is 11.3. The minimum Gasteiger partial charge on any atom is -0.448 e. The first-order valence-electron chi connectivity index (χ1n) is 6.25. The van der Waals surface area contributed by atoms with Crippen molar-refractivity contribution >= 4 is 17.6 Å². The van der Waals surface area contributed by atoms with E-state index in [1.54, 1.807) is 42.6 Å². The van der Waals surface area contributed by atoms with Crippen LogP contribution in [-0.2, 0) is 9.53 Å². The predicted molar refractivity (Wildman–Crippen MR) is 75.5 cm³/mol. The van der Waals surface area contributed by atoms with Crippen LogP contribution >= 0.6 is 0 Å². The lowest BCUT2D eigenvalue weighted by molar-refractivity contribution is -0.123. The monoisotopic (exact) mass is 283 g/mol. The van der Waals surface area contributed by atoms with Crippen molar-refractivity contribution in [3.63, 3.8) is 0 Å². The zero-order chi connectivity index (χ0) is 15.2. The number of carbonyl (C=O) groups excluding carboxylic acids is 2. The number of aromatic amines is 1. The van der Waals surface area contributed by atoms with Gasteiger partial charge in [-0.2, -0.15) is 5.26 Å². The van der Waals surface area contributed by atoms with Gasteiger partial charge in [-0.3, -0.25) is 4.79 Å². The van der Waals surface area contributed by atoms with E-state index in [9.17, 15) is 9.59 Å². The summed E-state index contributed by atoms with van der Waals surface area (Å²) in [6, 6.07) is 11.6. The van der Waals surface area contributed by atoms with Gasteiger partial charge in [0, 0.05) is 11.9 Å². The Hall–Kier alpha value is -3.07. The van der Waals surface area contributed by atoms with E-state index in [0.29, 0.717) is 11.3 Å². The van der Waals surface area contributed by atoms with Crippen LogP contribution in [0.25, 0.3) is 0 Å². The molecule has 2 rings (SSSR count). The van der Waals surface area contributed by atoms with Crippen molar-refractivity contribution in [1.82, 2.24) is 4.98 Å². The average molecular weight is 283 g/mol. The molecule has 6 heteroatoms. The molecule has 1 amide bonds. The van der Waals surface area contributed by atoms with Gasteiger partial charge >= 0.3 is 5.97 Å². The second-order valence-electron chi connectivity index (χ2n) is 4.31. The lowest BCUT2D eigenvalue weighted by Crippen LogP contribution is -2.30. The molecule has 0 aliphatic rings. The number of esters is 1. The van der Waals surface area contributed by atoms with Crippen LogP contribution < -0.4 is 5.32 Å². The summed E-state index contributed by atoms with van der Waals surface area (Å²) in [6.07, 6.45) is 0.661. The van der Waals surface area contributed by atoms with Crippen molar-refractivity contribution in [3.05, 3.63) is 53.9 Å². The van der Waals surface area contributed by atoms with Crippen molar-refractivity contribution in [1.29, 1.82) is 5.26 Å². The van der Waals surface area contributed by atoms with Gasteiger partial charge in [-0.05, 0) is 43.3 Å². The van der Waals surface area contributed by atoms with Gasteiger partial charge in [0.25, 0.3) is 5.91 Å². The molecule has 2 aromatic rings. The molecule has 0 saturated heterocycles. The molecule has 0 aliphatic heterocycles. The Morgan fingerprint density at radius 3 is 2.57 bits per heavy atom. The number of hydrogen-bond donors (Lipinski definition) is 2. The number of amides is 1. The van der Waals surface area contributed by atoms with Crippen LogP contribution in [-0.4, -0.2) is 23.0 Å². The molecular weight excluding hydrogens is 270 g/mol. The van der Waals surface area contributed by atoms with Gasteiger partial charge in [0.2, 0.25) is 0 Å². The quantitative estimate of drug-likeness (QED) is 0.840. The summed E-state index contributed by atoms with van der Waals surface area (Å²) in [4.78, 5) is 26.3. The van der Waals surface area contributed by atoms with E-state index >= 15 is 0 Å². The first-order valence-corrected chi connectivity index (χ1v) is 6.25. The topological polar surface area (TPSA) is 95.0 Å². The van der Waals surface area contributed by atoms with Crippen LogP contribution in [0.5, 0.6) is 0 Å². The van der Waals surface area contributed by atoms with Crippen LogP contribution in [0.4, 0.5) is 5.69 Å². The number of carbonyl (C=O) groups is 2. The number of nitriles is 1. The minimum atomic E-state index is -0.934. The molecule has 0 unspecified atom stereocenters. The van der Waals surface area contributed by atoms with E-state index in [2.05, 4.69) is 10.3 Å². The summed E-state index contributed by atoms with van der Waals surface area (Å²) in [6.45, 7) is 1.49. The number of anilines is 1. The number of H-pyrrole nitrogens is 1. The molecule has 21 heavy (non-hydrogen) atoms. The molecule has 0 radical (unpaired) electrons. The van der Waals surface area contributed by atoms with Crippen LogP contribution in [0.15, 0.2) is 42.6 Å². The third-order valence-electron chi connectivity index (χ3n) is 2.75. The van der Waals surface area contributed by atoms with E-state index in [0.717, 1.165) is 0 Å². The Morgan fingerprint density at radius 1 is 1.29 bits per heavy atom. The molecule has 1 heterocycles. The van der Waals surface area contributed by atoms with Gasteiger partial charge in [0.15, 0.2) is 6.10 Å². The van der Waals surface area contributed by atoms with Gasteiger partial charge in [0.1, 0.15) is 5.69 Å². The number of ether oxygens (including phenoxy) is 1. The maximum atomic E-state index is 11.9. The van der Waals surface area contributed by atoms with E-state index in [4.69, 9.17) is 10.00 Å². The van der Waals surface area contributed by atoms with Crippen LogP contribution in [0.3, 0.4) is 0 Å². The minimum absolute atomic E-state index is 0.285. The van der Waals surface area contributed by atoms with Crippen molar-refractivity contribution in [3.8, 4) is 6.07 Å². The molecule has 0 fully saturated rings. The summed E-state index contributed by atoms with van der Waals surface area (Å²) in [7, 11) is 0. The van der Waals surface area contributed by atoms with Crippen molar-refractivity contribution in [2.24, 2.45) is 0 Å². The second-order valence-corrected chi connectivity index (χ2v) is 4.31. The van der Waals surface area contributed by atoms with Crippen molar-refractivity contribution in [2.75, 3.05) is 5.32 Å². The largest absolute Gasteiger partial charge is 0.448 e. The maximum absolute atomic E-state index is 11.9. The molecule has 2 N–H and O–H groups in total. The third kappa shape index (κ3) is 3.70. The Bertz CT molecular complexity index is 669. The number of benzene rings is 1. The molecule has 0 spiro atoms. The molecule has 106 valence electrons. The Balaban J connectivity index is 1.93. The molecule has 1 atom stereocenters. The SMILES string of the molecule is C[C@@H](OC(=O)c1ccc[nH]1)C(=O)Nc1ccc(C#N)cc1. The fourth-order valence-electron chi connectivity index (χ4n) is 1.61. The van der Waals surface area contributed by atoms with Gasteiger partial charge in [0.05, 0.1) is 11.6 Å². The fraction of sp³-hybridized carbons (Fsp3) is 0.133. The number of rotatable bonds is 4. The third-order valence-corrected chi connectivity index (χ3v) is 2.75. The van der Waals surface area contributed by atoms with E-state index in [-0.39, 0.29) is 5.69 Å². The lowest BCUT2D eigenvalue weighted by Gasteiger charge is -2.13. The Kier molecular flexibility index (Phi) is 4.36. The van der Waals surface area contributed by atoms with E-state index in [1.807, 2.05) is 6.07 Å². The number of hydrogen-bond acceptors (Lipinski definition) is 4. The molecular formula is C15H13N3O3. The zero-order valence-corrected chi connectivity index (χ0v) is 11.3. The standard InChI is InChI=1S/C15H13N3O3/c1-10(21-15(20)13-3-2-8-17-13)14(19)18-12-6-4-11(9-16)5-7-12/h2-8,10,17H,1H3,(H,18,19)/t10-/m1/s1. The zero-order valence-electron chi connectivity index (χ0n) is 11.3. The molecule has 0 bridgehead atoms. The lowest BCUT2D eigenvalue weighted by atomic mass is 10.2. The van der Waals surface area contributed by atoms with Gasteiger partial charge < -0.3 is 15.0 Å². The highest BCUT2D eigenvalue weighted by atomic mass is 16.5. The van der Waals surface area contributed by atoms with Gasteiger partial charge in [-0.15, -0.1) is 0 Å². The highest BCUT2D eigenvalue weighted by Crippen LogP contribution is 2.10. The smallest absolute Gasteiger partial charge is 0.355 e. The van der Waals surface area contributed by atoms with Crippen molar-refractivity contribution in [2.45, 2.75) is 13.0 Å². The Morgan fingerprint density at radius 2 is 2.00 bits per heavy atom. The van der Waals surface area contributed by atoms with Crippen LogP contribution in [0.2, 0.25) is 0 Å². The first kappa shape index (κ1) is 14.3. The van der Waals surface area contributed by atoms with E-state index in [1.165, 1.54) is 6.92 Å². The second kappa shape index (κ2) is 6.39. The number of nitrogens with one attached hydrogen (secondary N) is 2. The predicted octanol–water partition coefficient (Wildman–Crippen LogP) is 2.07. The highest BCUT2D eigenvalue weighted by Gasteiger charge is 2.19. The average Bonchev–Trinajstić information content (AvgIpc) is 3.02. The summed E-state index contributed by atoms with van der Waals surface area (Å²) in [5.74, 6) is -1.04. The molecule has 1 aromatic heterocycles. The molecule has 0 aliphatic carbocycles. The highest BCUT2D eigenvalue weighted by molar-refractivity contribution is 5.96. The van der Waals surface area contributed by atoms with Crippen LogP contribution in [0, 0.1) is 11.3 Å². The normalized spacial score (nSPS) is 11.2. The maximum Gasteiger partial charge on any atom is 0.355 e. The number of aromatic nitrogens is 1. The van der Waals surface area contributed by atoms with Crippen molar-refractivity contribution < 1.29 is 14.3 Å². The molecule has 1 aromatic carbocycles.